The third kappa shape index (κ3) is 9.01. The molecule has 21 heteroatoms. The molecule has 4 aromatic heterocycles. The van der Waals surface area contributed by atoms with Crippen LogP contribution in [0.25, 0.3) is 67.2 Å². The number of rotatable bonds is 17. The summed E-state index contributed by atoms with van der Waals surface area (Å²) >= 11 is 1.96. The van der Waals surface area contributed by atoms with Gasteiger partial charge in [0, 0.05) is 58.6 Å². The number of aliphatic carboxylic acids is 2. The Morgan fingerprint density at radius 1 is 0.672 bits per heavy atom. The lowest BCUT2D eigenvalue weighted by Crippen LogP contribution is -2.38. The number of carboxylic acids is 2. The number of benzene rings is 4. The van der Waals surface area contributed by atoms with Crippen molar-refractivity contribution < 1.29 is 44.0 Å². The van der Waals surface area contributed by atoms with Crippen LogP contribution in [0.3, 0.4) is 0 Å². The Morgan fingerprint density at radius 2 is 1.20 bits per heavy atom. The van der Waals surface area contributed by atoms with Crippen molar-refractivity contribution in [3.63, 3.8) is 0 Å². The first-order chi connectivity index (χ1) is 29.5. The maximum atomic E-state index is 12.6. The van der Waals surface area contributed by atoms with Crippen LogP contribution in [-0.4, -0.2) is 97.8 Å². The van der Waals surface area contributed by atoms with E-state index >= 15 is 0 Å². The summed E-state index contributed by atoms with van der Waals surface area (Å²) in [6, 6.07) is 28.2. The predicted octanol–water partition coefficient (Wildman–Crippen LogP) is 6.63. The fourth-order valence-corrected chi connectivity index (χ4v) is 7.57. The van der Waals surface area contributed by atoms with Crippen LogP contribution in [0.5, 0.6) is 0 Å². The van der Waals surface area contributed by atoms with E-state index in [1.54, 1.807) is 24.3 Å². The van der Waals surface area contributed by atoms with Crippen LogP contribution in [0, 0.1) is 9.81 Å². The number of hydrogen-bond donors (Lipinski definition) is 5. The summed E-state index contributed by atoms with van der Waals surface area (Å²) in [5.41, 5.74) is 7.57. The van der Waals surface area contributed by atoms with Gasteiger partial charge in [0.2, 0.25) is 10.3 Å². The van der Waals surface area contributed by atoms with Gasteiger partial charge in [-0.1, -0.05) is 58.5 Å². The van der Waals surface area contributed by atoms with Gasteiger partial charge in [-0.25, -0.2) is 19.6 Å². The molecule has 0 spiro atoms. The van der Waals surface area contributed by atoms with Crippen LogP contribution in [0.1, 0.15) is 0 Å². The first-order valence-corrected chi connectivity index (χ1v) is 20.2. The number of fused-ring (bicyclic) bond motifs is 1. The monoisotopic (exact) mass is 860 g/mol. The lowest BCUT2D eigenvalue weighted by atomic mass is 10.00. The van der Waals surface area contributed by atoms with Gasteiger partial charge in [-0.2, -0.15) is 5.10 Å². The highest BCUT2D eigenvalue weighted by atomic mass is 32.2. The highest BCUT2D eigenvalue weighted by molar-refractivity contribution is 8.00. The van der Waals surface area contributed by atoms with E-state index in [2.05, 4.69) is 40.0 Å². The second-order valence-electron chi connectivity index (χ2n) is 13.3. The molecule has 0 atom stereocenters. The average Bonchev–Trinajstić information content (AvgIpc) is 4.12. The standard InChI is InChI=1S/C40H31N11O8S2/c1-58-50(56)31-16-27(14-29(18-31)37-41-39(45-43-37)60-20-35(52)53)23-3-5-24(6-4-23)33-10-12-49(47-33)22-48-11-9-26-13-25(7-8-34(26)48)28-15-30(19-32(17-28)51(57)59-2)38-42-40(46-44-38)61-21-36(54)55/h3-19H,20-22H2,1-2H3,(H2-2,41,42,43,44,45,46,52,53,54,55)/p+3. The summed E-state index contributed by atoms with van der Waals surface area (Å²) in [5, 5.41) is 36.9. The molecule has 4 heterocycles. The molecule has 0 fully saturated rings. The Kier molecular flexibility index (Phi) is 11.4. The zero-order valence-electron chi connectivity index (χ0n) is 32.2. The number of H-pyrrole nitrogens is 3. The van der Waals surface area contributed by atoms with Crippen molar-refractivity contribution in [2.75, 3.05) is 25.7 Å². The number of carbonyl (C=O) groups is 2. The molecule has 8 aromatic rings. The molecular formula is C40H34N11O8S2+3. The van der Waals surface area contributed by atoms with Gasteiger partial charge in [-0.15, -0.1) is 10.2 Å². The van der Waals surface area contributed by atoms with Gasteiger partial charge in [0.1, 0.15) is 5.69 Å². The molecule has 0 bridgehead atoms. The number of hydrogen-bond acceptors (Lipinski definition) is 12. The number of aromatic nitrogens is 9. The molecule has 0 amide bonds. The minimum absolute atomic E-state index is 0.188. The van der Waals surface area contributed by atoms with E-state index in [1.165, 1.54) is 14.2 Å². The van der Waals surface area contributed by atoms with Gasteiger partial charge in [0.25, 0.3) is 16.5 Å². The summed E-state index contributed by atoms with van der Waals surface area (Å²) in [6.07, 6.45) is 3.96. The van der Waals surface area contributed by atoms with Crippen molar-refractivity contribution in [2.24, 2.45) is 0 Å². The molecule has 5 N–H and O–H groups in total. The Hall–Kier alpha value is -7.65. The molecular weight excluding hydrogens is 827 g/mol. The average molecular weight is 861 g/mol. The SMILES string of the molecule is CO[N+](=O)c1cc(-c2ccc(-c3cc[n+](Cn4ccc5cc(-c6cc(-c7nc(SCC(=O)O)n[nH]7)cc([N+](=O)OC)c6)ccc54)[nH]3)cc2)cc(-c2nc(SCC(=O)O)n[nH]2)c1. The van der Waals surface area contributed by atoms with Crippen LogP contribution >= 0.6 is 23.5 Å². The van der Waals surface area contributed by atoms with E-state index in [1.807, 2.05) is 83.8 Å². The maximum Gasteiger partial charge on any atom is 0.318 e. The van der Waals surface area contributed by atoms with Crippen LogP contribution in [-0.2, 0) is 25.9 Å². The van der Waals surface area contributed by atoms with Crippen molar-refractivity contribution in [1.82, 2.24) is 40.0 Å². The first-order valence-electron chi connectivity index (χ1n) is 18.2. The number of nitrogens with zero attached hydrogens (tertiary/aromatic N) is 8. The Labute approximate surface area is 352 Å². The molecule has 4 aromatic carbocycles. The Balaban J connectivity index is 1.00. The van der Waals surface area contributed by atoms with Crippen molar-refractivity contribution in [3.05, 3.63) is 113 Å². The first kappa shape index (κ1) is 40.1. The summed E-state index contributed by atoms with van der Waals surface area (Å²) in [6.45, 7) is 0.492. The topological polar surface area (TPSA) is 241 Å². The highest BCUT2D eigenvalue weighted by Gasteiger charge is 2.22. The zero-order chi connectivity index (χ0) is 42.6. The van der Waals surface area contributed by atoms with Gasteiger partial charge in [0.15, 0.2) is 32.1 Å². The van der Waals surface area contributed by atoms with E-state index in [-0.39, 0.29) is 33.2 Å². The van der Waals surface area contributed by atoms with Crippen LogP contribution in [0.4, 0.5) is 11.4 Å². The molecule has 0 saturated heterocycles. The number of thioether (sulfide) groups is 2. The smallest absolute Gasteiger partial charge is 0.318 e. The third-order valence-electron chi connectivity index (χ3n) is 9.34. The third-order valence-corrected chi connectivity index (χ3v) is 11.0. The lowest BCUT2D eigenvalue weighted by Gasteiger charge is -2.06. The second-order valence-corrected chi connectivity index (χ2v) is 15.2. The van der Waals surface area contributed by atoms with Crippen LogP contribution in [0.15, 0.2) is 114 Å². The highest BCUT2D eigenvalue weighted by Crippen LogP contribution is 2.34. The van der Waals surface area contributed by atoms with Gasteiger partial charge in [0.05, 0.1) is 26.8 Å². The van der Waals surface area contributed by atoms with Crippen molar-refractivity contribution >= 4 is 57.7 Å². The van der Waals surface area contributed by atoms with Gasteiger partial charge in [-0.05, 0) is 52.6 Å². The predicted molar refractivity (Wildman–Crippen MR) is 223 cm³/mol. The minimum atomic E-state index is -0.984. The minimum Gasteiger partial charge on any atom is -0.481 e. The van der Waals surface area contributed by atoms with Gasteiger partial charge >= 0.3 is 23.3 Å². The van der Waals surface area contributed by atoms with Crippen LogP contribution < -0.4 is 4.68 Å². The molecule has 306 valence electrons. The van der Waals surface area contributed by atoms with Crippen LogP contribution in [0.2, 0.25) is 0 Å². The molecule has 0 saturated carbocycles. The fourth-order valence-electron chi connectivity index (χ4n) is 6.53. The van der Waals surface area contributed by atoms with E-state index in [9.17, 15) is 19.4 Å². The van der Waals surface area contributed by atoms with Gasteiger partial charge < -0.3 is 10.2 Å². The number of carboxylic acid groups (broad SMARTS) is 2. The summed E-state index contributed by atoms with van der Waals surface area (Å²) < 4.78 is 4.07. The zero-order valence-corrected chi connectivity index (χ0v) is 33.8. The molecule has 61 heavy (non-hydrogen) atoms. The van der Waals surface area contributed by atoms with E-state index in [4.69, 9.17) is 19.9 Å². The number of aromatic amines is 3. The molecule has 0 unspecified atom stereocenters. The summed E-state index contributed by atoms with van der Waals surface area (Å²) in [4.78, 5) is 66.6. The Bertz CT molecular complexity index is 2960. The fraction of sp³-hybridized carbons (Fsp3) is 0.125. The summed E-state index contributed by atoms with van der Waals surface area (Å²) in [5.74, 6) is -1.60. The molecule has 8 rings (SSSR count). The van der Waals surface area contributed by atoms with E-state index in [0.717, 1.165) is 67.9 Å². The van der Waals surface area contributed by atoms with E-state index < -0.39 is 11.9 Å². The largest absolute Gasteiger partial charge is 0.481 e. The molecule has 0 aliphatic rings. The second kappa shape index (κ2) is 17.3. The van der Waals surface area contributed by atoms with E-state index in [0.29, 0.717) is 39.3 Å². The van der Waals surface area contributed by atoms with Crippen molar-refractivity contribution in [2.45, 2.75) is 17.0 Å². The molecule has 19 nitrogen and oxygen atoms in total. The molecule has 0 radical (unpaired) electrons. The number of nitrogens with one attached hydrogen (secondary N) is 3. The molecule has 0 aliphatic heterocycles. The maximum absolute atomic E-state index is 12.6. The lowest BCUT2D eigenvalue weighted by molar-refractivity contribution is -0.753. The quantitative estimate of drug-likeness (QED) is 0.0367. The Morgan fingerprint density at radius 3 is 1.75 bits per heavy atom. The molecule has 0 aliphatic carbocycles. The van der Waals surface area contributed by atoms with Crippen molar-refractivity contribution in [1.29, 1.82) is 0 Å². The summed E-state index contributed by atoms with van der Waals surface area (Å²) in [7, 11) is 2.56. The van der Waals surface area contributed by atoms with Gasteiger partial charge in [-0.3, -0.25) is 24.4 Å². The van der Waals surface area contributed by atoms with Crippen molar-refractivity contribution in [3.8, 4) is 56.3 Å². The normalized spacial score (nSPS) is 11.2.